The standard InChI is InChI=1S/C17H25BrClNO/c1-2-14-6-4-3-5-10-20(14)11-9-17(21)15-8-7-13(18)12-16(15)19/h7-8,12,14,17,21H,2-6,9-11H2,1H3. The van der Waals surface area contributed by atoms with Gasteiger partial charge in [0.2, 0.25) is 0 Å². The average molecular weight is 375 g/mol. The fourth-order valence-electron chi connectivity index (χ4n) is 3.21. The van der Waals surface area contributed by atoms with Gasteiger partial charge in [-0.2, -0.15) is 0 Å². The Hall–Kier alpha value is -0.0900. The van der Waals surface area contributed by atoms with Gasteiger partial charge in [-0.1, -0.05) is 53.4 Å². The first-order valence-electron chi connectivity index (χ1n) is 7.99. The van der Waals surface area contributed by atoms with Crippen LogP contribution in [0.25, 0.3) is 0 Å². The lowest BCUT2D eigenvalue weighted by Gasteiger charge is -2.30. The van der Waals surface area contributed by atoms with Gasteiger partial charge in [0.05, 0.1) is 6.10 Å². The first-order chi connectivity index (χ1) is 10.1. The highest BCUT2D eigenvalue weighted by molar-refractivity contribution is 9.10. The first kappa shape index (κ1) is 17.3. The van der Waals surface area contributed by atoms with E-state index in [0.29, 0.717) is 11.1 Å². The summed E-state index contributed by atoms with van der Waals surface area (Å²) in [5, 5.41) is 11.1. The molecule has 0 spiro atoms. The van der Waals surface area contributed by atoms with E-state index < -0.39 is 6.10 Å². The van der Waals surface area contributed by atoms with Crippen LogP contribution < -0.4 is 0 Å². The van der Waals surface area contributed by atoms with Gasteiger partial charge in [0.25, 0.3) is 0 Å². The molecule has 0 bridgehead atoms. The van der Waals surface area contributed by atoms with Crippen molar-refractivity contribution in [3.05, 3.63) is 33.3 Å². The van der Waals surface area contributed by atoms with Crippen LogP contribution in [0.5, 0.6) is 0 Å². The summed E-state index contributed by atoms with van der Waals surface area (Å²) in [4.78, 5) is 2.56. The van der Waals surface area contributed by atoms with Crippen molar-refractivity contribution in [1.82, 2.24) is 4.90 Å². The topological polar surface area (TPSA) is 23.5 Å². The quantitative estimate of drug-likeness (QED) is 0.767. The Labute approximate surface area is 141 Å². The summed E-state index contributed by atoms with van der Waals surface area (Å²) in [6.45, 7) is 4.39. The third-order valence-corrected chi connectivity index (χ3v) is 5.30. The summed E-state index contributed by atoms with van der Waals surface area (Å²) in [5.74, 6) is 0. The molecule has 21 heavy (non-hydrogen) atoms. The van der Waals surface area contributed by atoms with E-state index in [4.69, 9.17) is 11.6 Å². The number of hydrogen-bond acceptors (Lipinski definition) is 2. The molecular formula is C17H25BrClNO. The number of halogens is 2. The van der Waals surface area contributed by atoms with Crippen LogP contribution in [0, 0.1) is 0 Å². The minimum atomic E-state index is -0.480. The predicted octanol–water partition coefficient (Wildman–Crippen LogP) is 5.18. The molecule has 1 aromatic carbocycles. The van der Waals surface area contributed by atoms with Crippen molar-refractivity contribution in [3.8, 4) is 0 Å². The highest BCUT2D eigenvalue weighted by Gasteiger charge is 2.21. The number of nitrogens with zero attached hydrogens (tertiary/aromatic N) is 1. The summed E-state index contributed by atoms with van der Waals surface area (Å²) < 4.78 is 0.946. The highest BCUT2D eigenvalue weighted by Crippen LogP contribution is 2.29. The second-order valence-electron chi connectivity index (χ2n) is 5.92. The summed E-state index contributed by atoms with van der Waals surface area (Å²) in [6, 6.07) is 6.38. The van der Waals surface area contributed by atoms with Crippen molar-refractivity contribution in [2.45, 2.75) is 57.6 Å². The number of rotatable bonds is 5. The molecule has 2 nitrogen and oxygen atoms in total. The Morgan fingerprint density at radius 3 is 2.90 bits per heavy atom. The van der Waals surface area contributed by atoms with Gasteiger partial charge in [-0.25, -0.2) is 0 Å². The second-order valence-corrected chi connectivity index (χ2v) is 7.24. The normalized spacial score (nSPS) is 22.0. The number of aliphatic hydroxyl groups is 1. The fraction of sp³-hybridized carbons (Fsp3) is 0.647. The number of likely N-dealkylation sites (tertiary alicyclic amines) is 1. The number of aliphatic hydroxyl groups excluding tert-OH is 1. The smallest absolute Gasteiger partial charge is 0.0816 e. The average Bonchev–Trinajstić information content (AvgIpc) is 2.69. The van der Waals surface area contributed by atoms with E-state index in [0.717, 1.165) is 23.0 Å². The third kappa shape index (κ3) is 4.95. The van der Waals surface area contributed by atoms with Crippen LogP contribution in [-0.4, -0.2) is 29.1 Å². The van der Waals surface area contributed by atoms with Crippen LogP contribution in [0.3, 0.4) is 0 Å². The maximum Gasteiger partial charge on any atom is 0.0816 e. The SMILES string of the molecule is CCC1CCCCCN1CCC(O)c1ccc(Br)cc1Cl. The molecule has 118 valence electrons. The van der Waals surface area contributed by atoms with Crippen LogP contribution >= 0.6 is 27.5 Å². The lowest BCUT2D eigenvalue weighted by molar-refractivity contribution is 0.122. The van der Waals surface area contributed by atoms with E-state index in [2.05, 4.69) is 27.8 Å². The van der Waals surface area contributed by atoms with Gasteiger partial charge in [0, 0.05) is 22.1 Å². The molecule has 0 radical (unpaired) electrons. The maximum atomic E-state index is 10.4. The fourth-order valence-corrected chi connectivity index (χ4v) is 4.01. The Kier molecular flexibility index (Phi) is 7.00. The Morgan fingerprint density at radius 2 is 2.19 bits per heavy atom. The Bertz CT molecular complexity index is 454. The monoisotopic (exact) mass is 373 g/mol. The molecule has 2 rings (SSSR count). The molecule has 0 amide bonds. The molecule has 1 heterocycles. The Morgan fingerprint density at radius 1 is 1.38 bits per heavy atom. The molecule has 0 saturated carbocycles. The highest BCUT2D eigenvalue weighted by atomic mass is 79.9. The molecular weight excluding hydrogens is 350 g/mol. The van der Waals surface area contributed by atoms with Crippen molar-refractivity contribution >= 4 is 27.5 Å². The molecule has 0 aromatic heterocycles. The van der Waals surface area contributed by atoms with Gasteiger partial charge in [0.1, 0.15) is 0 Å². The van der Waals surface area contributed by atoms with Gasteiger partial charge < -0.3 is 10.0 Å². The summed E-state index contributed by atoms with van der Waals surface area (Å²) in [5.41, 5.74) is 0.836. The van der Waals surface area contributed by atoms with E-state index in [9.17, 15) is 5.11 Å². The summed E-state index contributed by atoms with van der Waals surface area (Å²) in [6.07, 6.45) is 6.74. The molecule has 1 aliphatic heterocycles. The molecule has 4 heteroatoms. The molecule has 2 atom stereocenters. The lowest BCUT2D eigenvalue weighted by Crippen LogP contribution is -2.35. The van der Waals surface area contributed by atoms with Crippen molar-refractivity contribution in [2.75, 3.05) is 13.1 Å². The molecule has 1 fully saturated rings. The van der Waals surface area contributed by atoms with E-state index in [1.165, 1.54) is 38.6 Å². The molecule has 1 aliphatic rings. The zero-order valence-corrected chi connectivity index (χ0v) is 15.0. The molecule has 1 N–H and O–H groups in total. The maximum absolute atomic E-state index is 10.4. The molecule has 2 unspecified atom stereocenters. The lowest BCUT2D eigenvalue weighted by atomic mass is 10.0. The van der Waals surface area contributed by atoms with Crippen LogP contribution in [0.2, 0.25) is 5.02 Å². The van der Waals surface area contributed by atoms with Gasteiger partial charge in [-0.3, -0.25) is 0 Å². The van der Waals surface area contributed by atoms with E-state index in [1.54, 1.807) is 0 Å². The van der Waals surface area contributed by atoms with Crippen LogP contribution in [0.4, 0.5) is 0 Å². The van der Waals surface area contributed by atoms with Gasteiger partial charge in [-0.15, -0.1) is 0 Å². The zero-order valence-electron chi connectivity index (χ0n) is 12.7. The van der Waals surface area contributed by atoms with E-state index >= 15 is 0 Å². The first-order valence-corrected chi connectivity index (χ1v) is 9.16. The van der Waals surface area contributed by atoms with Crippen molar-refractivity contribution in [1.29, 1.82) is 0 Å². The van der Waals surface area contributed by atoms with Gasteiger partial charge >= 0.3 is 0 Å². The van der Waals surface area contributed by atoms with Crippen molar-refractivity contribution < 1.29 is 5.11 Å². The number of benzene rings is 1. The predicted molar refractivity (Wildman–Crippen MR) is 92.8 cm³/mol. The van der Waals surface area contributed by atoms with E-state index in [-0.39, 0.29) is 0 Å². The zero-order chi connectivity index (χ0) is 15.2. The van der Waals surface area contributed by atoms with Gasteiger partial charge in [-0.05, 0) is 49.9 Å². The third-order valence-electron chi connectivity index (χ3n) is 4.48. The summed E-state index contributed by atoms with van der Waals surface area (Å²) >= 11 is 9.62. The minimum absolute atomic E-state index is 0.480. The molecule has 0 aliphatic carbocycles. The minimum Gasteiger partial charge on any atom is -0.388 e. The van der Waals surface area contributed by atoms with E-state index in [1.807, 2.05) is 18.2 Å². The molecule has 1 aromatic rings. The summed E-state index contributed by atoms with van der Waals surface area (Å²) in [7, 11) is 0. The second kappa shape index (κ2) is 8.52. The van der Waals surface area contributed by atoms with Crippen molar-refractivity contribution in [3.63, 3.8) is 0 Å². The van der Waals surface area contributed by atoms with Crippen LogP contribution in [0.15, 0.2) is 22.7 Å². The largest absolute Gasteiger partial charge is 0.388 e. The van der Waals surface area contributed by atoms with Crippen LogP contribution in [-0.2, 0) is 0 Å². The van der Waals surface area contributed by atoms with Crippen molar-refractivity contribution in [2.24, 2.45) is 0 Å². The Balaban J connectivity index is 1.94. The van der Waals surface area contributed by atoms with Gasteiger partial charge in [0.15, 0.2) is 0 Å². The van der Waals surface area contributed by atoms with Crippen LogP contribution in [0.1, 0.15) is 57.1 Å². The number of hydrogen-bond donors (Lipinski definition) is 1. The molecule has 1 saturated heterocycles.